The van der Waals surface area contributed by atoms with Gasteiger partial charge in [-0.1, -0.05) is 0 Å². The predicted molar refractivity (Wildman–Crippen MR) is 49.1 cm³/mol. The van der Waals surface area contributed by atoms with Gasteiger partial charge in [0, 0.05) is 19.2 Å². The molecule has 2 atom stereocenters. The van der Waals surface area contributed by atoms with Crippen molar-refractivity contribution < 1.29 is 4.74 Å². The SMILES string of the molecule is CC(NCC1CCOC1)C1CC1. The zero-order chi connectivity index (χ0) is 8.39. The summed E-state index contributed by atoms with van der Waals surface area (Å²) >= 11 is 0. The van der Waals surface area contributed by atoms with Crippen molar-refractivity contribution in [2.75, 3.05) is 19.8 Å². The normalized spacial score (nSPS) is 32.2. The third-order valence-electron chi connectivity index (χ3n) is 3.08. The van der Waals surface area contributed by atoms with Crippen LogP contribution in [-0.4, -0.2) is 25.8 Å². The fourth-order valence-electron chi connectivity index (χ4n) is 1.86. The third-order valence-corrected chi connectivity index (χ3v) is 3.08. The van der Waals surface area contributed by atoms with Crippen molar-refractivity contribution in [2.45, 2.75) is 32.2 Å². The Balaban J connectivity index is 1.60. The van der Waals surface area contributed by atoms with Gasteiger partial charge in [-0.2, -0.15) is 0 Å². The smallest absolute Gasteiger partial charge is 0.0507 e. The first-order valence-corrected chi connectivity index (χ1v) is 5.17. The molecule has 1 saturated heterocycles. The van der Waals surface area contributed by atoms with Gasteiger partial charge in [-0.25, -0.2) is 0 Å². The molecule has 0 aromatic rings. The van der Waals surface area contributed by atoms with Crippen molar-refractivity contribution in [1.82, 2.24) is 5.32 Å². The molecule has 2 heteroatoms. The van der Waals surface area contributed by atoms with E-state index in [9.17, 15) is 0 Å². The van der Waals surface area contributed by atoms with Crippen molar-refractivity contribution in [3.8, 4) is 0 Å². The molecule has 0 amide bonds. The molecule has 2 fully saturated rings. The summed E-state index contributed by atoms with van der Waals surface area (Å²) in [6, 6.07) is 0.741. The van der Waals surface area contributed by atoms with Gasteiger partial charge in [0.05, 0.1) is 6.61 Å². The van der Waals surface area contributed by atoms with E-state index in [0.29, 0.717) is 0 Å². The number of nitrogens with one attached hydrogen (secondary N) is 1. The molecule has 1 N–H and O–H groups in total. The Hall–Kier alpha value is -0.0800. The molecule has 1 aliphatic carbocycles. The van der Waals surface area contributed by atoms with Crippen LogP contribution < -0.4 is 5.32 Å². The summed E-state index contributed by atoms with van der Waals surface area (Å²) in [4.78, 5) is 0. The summed E-state index contributed by atoms with van der Waals surface area (Å²) in [5.41, 5.74) is 0. The molecule has 0 spiro atoms. The Morgan fingerprint density at radius 1 is 1.42 bits per heavy atom. The minimum Gasteiger partial charge on any atom is -0.381 e. The van der Waals surface area contributed by atoms with Gasteiger partial charge in [0.25, 0.3) is 0 Å². The maximum atomic E-state index is 5.33. The van der Waals surface area contributed by atoms with Crippen molar-refractivity contribution in [3.63, 3.8) is 0 Å². The summed E-state index contributed by atoms with van der Waals surface area (Å²) in [6.45, 7) is 5.43. The van der Waals surface area contributed by atoms with Crippen LogP contribution in [0.2, 0.25) is 0 Å². The van der Waals surface area contributed by atoms with Crippen LogP contribution in [0, 0.1) is 11.8 Å². The van der Waals surface area contributed by atoms with E-state index in [2.05, 4.69) is 12.2 Å². The molecule has 70 valence electrons. The highest BCUT2D eigenvalue weighted by Gasteiger charge is 2.28. The molecule has 2 unspecified atom stereocenters. The minimum atomic E-state index is 0.741. The van der Waals surface area contributed by atoms with Gasteiger partial charge in [-0.05, 0) is 38.0 Å². The van der Waals surface area contributed by atoms with Crippen molar-refractivity contribution in [3.05, 3.63) is 0 Å². The maximum Gasteiger partial charge on any atom is 0.0507 e. The molecule has 12 heavy (non-hydrogen) atoms. The highest BCUT2D eigenvalue weighted by Crippen LogP contribution is 2.32. The van der Waals surface area contributed by atoms with Gasteiger partial charge >= 0.3 is 0 Å². The predicted octanol–water partition coefficient (Wildman–Crippen LogP) is 1.41. The lowest BCUT2D eigenvalue weighted by molar-refractivity contribution is 0.184. The fourth-order valence-corrected chi connectivity index (χ4v) is 1.86. The number of hydrogen-bond acceptors (Lipinski definition) is 2. The Kier molecular flexibility index (Phi) is 2.66. The van der Waals surface area contributed by atoms with E-state index in [4.69, 9.17) is 4.74 Å². The zero-order valence-corrected chi connectivity index (χ0v) is 7.88. The van der Waals surface area contributed by atoms with Crippen molar-refractivity contribution in [2.24, 2.45) is 11.8 Å². The lowest BCUT2D eigenvalue weighted by Gasteiger charge is -2.15. The van der Waals surface area contributed by atoms with E-state index in [0.717, 1.165) is 37.6 Å². The second-order valence-electron chi connectivity index (χ2n) is 4.26. The number of rotatable bonds is 4. The van der Waals surface area contributed by atoms with Gasteiger partial charge in [-0.3, -0.25) is 0 Å². The van der Waals surface area contributed by atoms with E-state index in [1.807, 2.05) is 0 Å². The van der Waals surface area contributed by atoms with Crippen LogP contribution in [0.4, 0.5) is 0 Å². The third kappa shape index (κ3) is 2.20. The summed E-state index contributed by atoms with van der Waals surface area (Å²) in [6.07, 6.45) is 4.13. The van der Waals surface area contributed by atoms with E-state index in [1.165, 1.54) is 19.3 Å². The molecule has 2 nitrogen and oxygen atoms in total. The maximum absolute atomic E-state index is 5.33. The fraction of sp³-hybridized carbons (Fsp3) is 1.00. The molecular weight excluding hydrogens is 150 g/mol. The van der Waals surface area contributed by atoms with E-state index >= 15 is 0 Å². The lowest BCUT2D eigenvalue weighted by Crippen LogP contribution is -2.32. The van der Waals surface area contributed by atoms with E-state index < -0.39 is 0 Å². The largest absolute Gasteiger partial charge is 0.381 e. The summed E-state index contributed by atoms with van der Waals surface area (Å²) in [5, 5.41) is 3.61. The second kappa shape index (κ2) is 3.75. The quantitative estimate of drug-likeness (QED) is 0.687. The summed E-state index contributed by atoms with van der Waals surface area (Å²) in [7, 11) is 0. The summed E-state index contributed by atoms with van der Waals surface area (Å²) < 4.78 is 5.33. The molecule has 0 bridgehead atoms. The van der Waals surface area contributed by atoms with Crippen LogP contribution in [0.3, 0.4) is 0 Å². The van der Waals surface area contributed by atoms with E-state index in [1.54, 1.807) is 0 Å². The average Bonchev–Trinajstić information content (AvgIpc) is 2.80. The zero-order valence-electron chi connectivity index (χ0n) is 7.88. The van der Waals surface area contributed by atoms with Crippen LogP contribution in [-0.2, 0) is 4.74 Å². The monoisotopic (exact) mass is 169 g/mol. The molecule has 1 aliphatic heterocycles. The van der Waals surface area contributed by atoms with Crippen LogP contribution in [0.15, 0.2) is 0 Å². The average molecular weight is 169 g/mol. The molecule has 2 aliphatic rings. The van der Waals surface area contributed by atoms with E-state index in [-0.39, 0.29) is 0 Å². The topological polar surface area (TPSA) is 21.3 Å². The van der Waals surface area contributed by atoms with Crippen LogP contribution in [0.5, 0.6) is 0 Å². The Bertz CT molecular complexity index is 137. The van der Waals surface area contributed by atoms with Crippen molar-refractivity contribution in [1.29, 1.82) is 0 Å². The van der Waals surface area contributed by atoms with Gasteiger partial charge in [0.15, 0.2) is 0 Å². The first-order valence-electron chi connectivity index (χ1n) is 5.17. The molecule has 0 aromatic heterocycles. The molecule has 2 rings (SSSR count). The Morgan fingerprint density at radius 3 is 2.83 bits per heavy atom. The Labute approximate surface area is 74.7 Å². The first kappa shape index (κ1) is 8.52. The van der Waals surface area contributed by atoms with Gasteiger partial charge in [0.2, 0.25) is 0 Å². The summed E-state index contributed by atoms with van der Waals surface area (Å²) in [5.74, 6) is 1.76. The number of ether oxygens (including phenoxy) is 1. The van der Waals surface area contributed by atoms with Crippen molar-refractivity contribution >= 4 is 0 Å². The molecular formula is C10H19NO. The molecule has 1 saturated carbocycles. The molecule has 1 heterocycles. The molecule has 0 aromatic carbocycles. The standard InChI is InChI=1S/C10H19NO/c1-8(10-2-3-10)11-6-9-4-5-12-7-9/h8-11H,2-7H2,1H3. The van der Waals surface area contributed by atoms with Crippen LogP contribution in [0.1, 0.15) is 26.2 Å². The Morgan fingerprint density at radius 2 is 2.25 bits per heavy atom. The minimum absolute atomic E-state index is 0.741. The molecule has 0 radical (unpaired) electrons. The van der Waals surface area contributed by atoms with Gasteiger partial charge < -0.3 is 10.1 Å². The highest BCUT2D eigenvalue weighted by molar-refractivity contribution is 4.84. The van der Waals surface area contributed by atoms with Crippen LogP contribution >= 0.6 is 0 Å². The lowest BCUT2D eigenvalue weighted by atomic mass is 10.1. The second-order valence-corrected chi connectivity index (χ2v) is 4.26. The highest BCUT2D eigenvalue weighted by atomic mass is 16.5. The number of hydrogen-bond donors (Lipinski definition) is 1. The first-order chi connectivity index (χ1) is 5.86. The van der Waals surface area contributed by atoms with Crippen LogP contribution in [0.25, 0.3) is 0 Å². The van der Waals surface area contributed by atoms with Gasteiger partial charge in [-0.15, -0.1) is 0 Å². The van der Waals surface area contributed by atoms with Gasteiger partial charge in [0.1, 0.15) is 0 Å².